The zero-order chi connectivity index (χ0) is 25.9. The molecule has 0 aliphatic heterocycles. The number of nitrogens with one attached hydrogen (secondary N) is 1. The zero-order valence-electron chi connectivity index (χ0n) is 20.5. The van der Waals surface area contributed by atoms with E-state index in [9.17, 15) is 10.1 Å². The van der Waals surface area contributed by atoms with Crippen molar-refractivity contribution in [2.24, 2.45) is 5.10 Å². The number of carbonyl (C=O) groups excluding carboxylic acids is 1. The molecule has 0 aromatic heterocycles. The molecule has 0 saturated carbocycles. The van der Waals surface area contributed by atoms with Crippen LogP contribution in [0.15, 0.2) is 64.2 Å². The Balaban J connectivity index is 1.55. The number of amides is 1. The average Bonchev–Trinajstić information content (AvgIpc) is 2.89. The van der Waals surface area contributed by atoms with Crippen LogP contribution in [0.3, 0.4) is 0 Å². The molecule has 3 rings (SSSR count). The van der Waals surface area contributed by atoms with Crippen molar-refractivity contribution in [1.82, 2.24) is 5.43 Å². The lowest BCUT2D eigenvalue weighted by molar-refractivity contribution is -0.121. The van der Waals surface area contributed by atoms with Gasteiger partial charge in [0.05, 0.1) is 32.1 Å². The quantitative estimate of drug-likeness (QED) is 0.244. The number of methoxy groups -OCH3 is 2. The summed E-state index contributed by atoms with van der Waals surface area (Å²) < 4.78 is 17.3. The fourth-order valence-electron chi connectivity index (χ4n) is 3.58. The first-order chi connectivity index (χ1) is 17.4. The molecule has 0 radical (unpaired) electrons. The maximum Gasteiger partial charge on any atom is 0.240 e. The van der Waals surface area contributed by atoms with Crippen LogP contribution in [0.4, 0.5) is 0 Å². The Kier molecular flexibility index (Phi) is 9.90. The number of carbonyl (C=O) groups is 1. The molecule has 0 atom stereocenters. The maximum absolute atomic E-state index is 12.2. The van der Waals surface area contributed by atoms with E-state index in [4.69, 9.17) is 14.2 Å². The highest BCUT2D eigenvalue weighted by atomic mass is 79.9. The fourth-order valence-corrected chi connectivity index (χ4v) is 4.00. The van der Waals surface area contributed by atoms with E-state index in [-0.39, 0.29) is 12.5 Å². The number of benzene rings is 3. The first-order valence-electron chi connectivity index (χ1n) is 11.4. The van der Waals surface area contributed by atoms with Gasteiger partial charge in [-0.25, -0.2) is 5.43 Å². The maximum atomic E-state index is 12.2. The van der Waals surface area contributed by atoms with Gasteiger partial charge in [0, 0.05) is 22.0 Å². The Hall–Kier alpha value is -3.83. The second-order valence-electron chi connectivity index (χ2n) is 8.02. The Morgan fingerprint density at radius 1 is 1.08 bits per heavy atom. The lowest BCUT2D eigenvalue weighted by Crippen LogP contribution is -2.17. The minimum atomic E-state index is -0.156. The summed E-state index contributed by atoms with van der Waals surface area (Å²) >= 11 is 3.52. The van der Waals surface area contributed by atoms with Gasteiger partial charge in [-0.05, 0) is 77.2 Å². The predicted molar refractivity (Wildman–Crippen MR) is 143 cm³/mol. The van der Waals surface area contributed by atoms with Crippen LogP contribution in [0, 0.1) is 18.3 Å². The Morgan fingerprint density at radius 2 is 1.89 bits per heavy atom. The van der Waals surface area contributed by atoms with Crippen LogP contribution >= 0.6 is 15.9 Å². The number of hydrogen-bond donors (Lipinski definition) is 1. The summed E-state index contributed by atoms with van der Waals surface area (Å²) in [4.78, 5) is 12.2. The monoisotopic (exact) mass is 549 g/mol. The van der Waals surface area contributed by atoms with Crippen LogP contribution in [0.1, 0.15) is 40.7 Å². The lowest BCUT2D eigenvalue weighted by atomic mass is 10.0. The van der Waals surface area contributed by atoms with Crippen LogP contribution in [0.2, 0.25) is 0 Å². The summed E-state index contributed by atoms with van der Waals surface area (Å²) in [6.07, 6.45) is 3.43. The van der Waals surface area contributed by atoms with Crippen molar-refractivity contribution in [1.29, 1.82) is 5.26 Å². The van der Waals surface area contributed by atoms with E-state index in [1.807, 2.05) is 43.3 Å². The second kappa shape index (κ2) is 13.3. The molecule has 0 fully saturated rings. The normalized spacial score (nSPS) is 10.6. The summed E-state index contributed by atoms with van der Waals surface area (Å²) in [6.45, 7) is 2.27. The van der Waals surface area contributed by atoms with E-state index in [1.165, 1.54) is 5.56 Å². The Bertz CT molecular complexity index is 1280. The van der Waals surface area contributed by atoms with Gasteiger partial charge in [-0.1, -0.05) is 24.3 Å². The van der Waals surface area contributed by atoms with Gasteiger partial charge in [0.1, 0.15) is 12.4 Å². The largest absolute Gasteiger partial charge is 0.497 e. The van der Waals surface area contributed by atoms with E-state index in [2.05, 4.69) is 32.5 Å². The standard InChI is InChI=1S/C28H28BrN3O4/c1-19-13-24(34-2)12-11-20(19)9-6-10-28(33)32-31-17-23-14-26(35-3)27(15-25(23)29)36-18-22-8-5-4-7-21(22)16-30/h4-5,7-8,11-15,17H,6,9-10,18H2,1-3H3,(H,32,33)/b31-17-. The van der Waals surface area contributed by atoms with Crippen molar-refractivity contribution in [2.75, 3.05) is 14.2 Å². The molecule has 0 aliphatic carbocycles. The number of hydrogen-bond acceptors (Lipinski definition) is 6. The van der Waals surface area contributed by atoms with Gasteiger partial charge >= 0.3 is 0 Å². The molecule has 0 spiro atoms. The molecule has 7 nitrogen and oxygen atoms in total. The third-order valence-corrected chi connectivity index (χ3v) is 6.28. The van der Waals surface area contributed by atoms with Gasteiger partial charge in [-0.3, -0.25) is 4.79 Å². The van der Waals surface area contributed by atoms with E-state index in [0.29, 0.717) is 35.5 Å². The molecule has 3 aromatic rings. The number of nitriles is 1. The Morgan fingerprint density at radius 3 is 2.61 bits per heavy atom. The molecule has 0 aliphatic rings. The van der Waals surface area contributed by atoms with E-state index in [1.54, 1.807) is 38.6 Å². The second-order valence-corrected chi connectivity index (χ2v) is 8.88. The van der Waals surface area contributed by atoms with Crippen LogP contribution in [-0.2, 0) is 17.8 Å². The summed E-state index contributed by atoms with van der Waals surface area (Å²) in [7, 11) is 3.20. The van der Waals surface area contributed by atoms with Crippen LogP contribution in [0.5, 0.6) is 17.2 Å². The lowest BCUT2D eigenvalue weighted by Gasteiger charge is -2.13. The summed E-state index contributed by atoms with van der Waals surface area (Å²) in [6, 6.07) is 18.9. The molecule has 1 amide bonds. The zero-order valence-corrected chi connectivity index (χ0v) is 22.1. The molecular formula is C28H28BrN3O4. The van der Waals surface area contributed by atoms with Crippen molar-refractivity contribution >= 4 is 28.1 Å². The minimum absolute atomic E-state index is 0.156. The molecule has 0 bridgehead atoms. The third-order valence-electron chi connectivity index (χ3n) is 5.60. The average molecular weight is 550 g/mol. The van der Waals surface area contributed by atoms with E-state index in [0.717, 1.165) is 27.8 Å². The van der Waals surface area contributed by atoms with Gasteiger partial charge in [0.25, 0.3) is 0 Å². The predicted octanol–water partition coefficient (Wildman–Crippen LogP) is 5.70. The van der Waals surface area contributed by atoms with Gasteiger partial charge in [0.15, 0.2) is 11.5 Å². The fraction of sp³-hybridized carbons (Fsp3) is 0.250. The highest BCUT2D eigenvalue weighted by Gasteiger charge is 2.11. The summed E-state index contributed by atoms with van der Waals surface area (Å²) in [5.74, 6) is 1.70. The van der Waals surface area contributed by atoms with Crippen molar-refractivity contribution < 1.29 is 19.0 Å². The van der Waals surface area contributed by atoms with Crippen molar-refractivity contribution in [3.05, 3.63) is 86.9 Å². The number of ether oxygens (including phenoxy) is 3. The van der Waals surface area contributed by atoms with Crippen molar-refractivity contribution in [2.45, 2.75) is 32.8 Å². The molecule has 8 heteroatoms. The molecule has 1 N–H and O–H groups in total. The Labute approximate surface area is 219 Å². The molecule has 36 heavy (non-hydrogen) atoms. The smallest absolute Gasteiger partial charge is 0.240 e. The summed E-state index contributed by atoms with van der Waals surface area (Å²) in [5, 5.41) is 13.3. The van der Waals surface area contributed by atoms with E-state index >= 15 is 0 Å². The molecule has 186 valence electrons. The van der Waals surface area contributed by atoms with Crippen LogP contribution < -0.4 is 19.6 Å². The first-order valence-corrected chi connectivity index (χ1v) is 12.2. The van der Waals surface area contributed by atoms with Gasteiger partial charge in [-0.15, -0.1) is 0 Å². The highest BCUT2D eigenvalue weighted by Crippen LogP contribution is 2.33. The number of hydrazone groups is 1. The van der Waals surface area contributed by atoms with Crippen molar-refractivity contribution in [3.63, 3.8) is 0 Å². The SMILES string of the molecule is COc1ccc(CCCC(=O)N/N=C\c2cc(OC)c(OCc3ccccc3C#N)cc2Br)c(C)c1. The van der Waals surface area contributed by atoms with E-state index < -0.39 is 0 Å². The van der Waals surface area contributed by atoms with Gasteiger partial charge in [-0.2, -0.15) is 10.4 Å². The number of nitrogens with zero attached hydrogens (tertiary/aromatic N) is 2. The molecule has 0 heterocycles. The summed E-state index contributed by atoms with van der Waals surface area (Å²) in [5.41, 5.74) is 6.98. The molecule has 0 unspecified atom stereocenters. The van der Waals surface area contributed by atoms with Crippen LogP contribution in [-0.4, -0.2) is 26.3 Å². The van der Waals surface area contributed by atoms with Crippen molar-refractivity contribution in [3.8, 4) is 23.3 Å². The van der Waals surface area contributed by atoms with Crippen LogP contribution in [0.25, 0.3) is 0 Å². The first kappa shape index (κ1) is 26.8. The van der Waals surface area contributed by atoms with Gasteiger partial charge < -0.3 is 14.2 Å². The number of halogens is 1. The molecule has 3 aromatic carbocycles. The number of rotatable bonds is 11. The van der Waals surface area contributed by atoms with Gasteiger partial charge in [0.2, 0.25) is 5.91 Å². The minimum Gasteiger partial charge on any atom is -0.497 e. The highest BCUT2D eigenvalue weighted by molar-refractivity contribution is 9.10. The topological polar surface area (TPSA) is 92.9 Å². The molecule has 0 saturated heterocycles. The molecular weight excluding hydrogens is 522 g/mol. The third kappa shape index (κ3) is 7.33. The number of aryl methyl sites for hydroxylation is 2.